The van der Waals surface area contributed by atoms with Crippen LogP contribution in [-0.2, 0) is 6.42 Å². The van der Waals surface area contributed by atoms with Crippen molar-refractivity contribution in [1.29, 1.82) is 0 Å². The first-order chi connectivity index (χ1) is 10.1. The normalized spacial score (nSPS) is 16.9. The third-order valence-electron chi connectivity index (χ3n) is 4.15. The van der Waals surface area contributed by atoms with Crippen LogP contribution in [0.2, 0.25) is 0 Å². The number of hydrogen-bond acceptors (Lipinski definition) is 2. The summed E-state index contributed by atoms with van der Waals surface area (Å²) >= 11 is 0. The smallest absolute Gasteiger partial charge is 0.197 e. The van der Waals surface area contributed by atoms with Crippen LogP contribution in [0.1, 0.15) is 12.5 Å². The molecule has 0 saturated heterocycles. The fraction of sp³-hybridized carbons (Fsp3) is 0.167. The van der Waals surface area contributed by atoms with Gasteiger partial charge < -0.3 is 9.72 Å². The number of nitrogens with one attached hydrogen (secondary N) is 1. The number of rotatable bonds is 1. The number of benzene rings is 2. The minimum atomic E-state index is 0.000530. The molecule has 3 heteroatoms. The molecule has 2 heterocycles. The summed E-state index contributed by atoms with van der Waals surface area (Å²) in [5.74, 6) is 0.849. The van der Waals surface area contributed by atoms with E-state index in [0.717, 1.165) is 45.1 Å². The van der Waals surface area contributed by atoms with E-state index in [1.165, 1.54) is 0 Å². The van der Waals surface area contributed by atoms with E-state index in [-0.39, 0.29) is 11.5 Å². The highest BCUT2D eigenvalue weighted by atomic mass is 16.5. The number of H-pyrrole nitrogens is 1. The van der Waals surface area contributed by atoms with Crippen molar-refractivity contribution in [2.75, 3.05) is 0 Å². The molecular formula is C18H15NO2. The molecule has 21 heavy (non-hydrogen) atoms. The number of aromatic amines is 1. The van der Waals surface area contributed by atoms with Crippen molar-refractivity contribution >= 4 is 21.8 Å². The first kappa shape index (κ1) is 12.2. The Labute approximate surface area is 121 Å². The Bertz CT molecular complexity index is 952. The first-order valence-electron chi connectivity index (χ1n) is 7.04. The molecule has 4 rings (SSSR count). The molecule has 0 bridgehead atoms. The van der Waals surface area contributed by atoms with Gasteiger partial charge in [0.25, 0.3) is 0 Å². The van der Waals surface area contributed by atoms with Crippen molar-refractivity contribution in [3.8, 4) is 5.75 Å². The molecule has 0 aliphatic carbocycles. The van der Waals surface area contributed by atoms with Crippen LogP contribution >= 0.6 is 0 Å². The second kappa shape index (κ2) is 4.22. The lowest BCUT2D eigenvalue weighted by molar-refractivity contribution is 0.271. The molecule has 0 radical (unpaired) electrons. The average Bonchev–Trinajstić information content (AvgIpc) is 2.92. The van der Waals surface area contributed by atoms with Gasteiger partial charge in [-0.2, -0.15) is 0 Å². The van der Waals surface area contributed by atoms with E-state index in [1.54, 1.807) is 0 Å². The van der Waals surface area contributed by atoms with Crippen LogP contribution in [0.3, 0.4) is 0 Å². The van der Waals surface area contributed by atoms with Gasteiger partial charge in [0.1, 0.15) is 11.9 Å². The molecule has 0 unspecified atom stereocenters. The predicted molar refractivity (Wildman–Crippen MR) is 85.0 cm³/mol. The Kier molecular flexibility index (Phi) is 2.45. The highest BCUT2D eigenvalue weighted by molar-refractivity contribution is 5.95. The molecular weight excluding hydrogens is 262 g/mol. The highest BCUT2D eigenvalue weighted by Gasteiger charge is 2.26. The molecule has 1 N–H and O–H groups in total. The van der Waals surface area contributed by atoms with E-state index in [9.17, 15) is 4.79 Å². The van der Waals surface area contributed by atoms with Crippen molar-refractivity contribution in [3.63, 3.8) is 0 Å². The predicted octanol–water partition coefficient (Wildman–Crippen LogP) is 3.56. The topological polar surface area (TPSA) is 42.1 Å². The molecule has 0 amide bonds. The number of hydrogen-bond donors (Lipinski definition) is 1. The van der Waals surface area contributed by atoms with Crippen molar-refractivity contribution < 1.29 is 4.74 Å². The molecule has 0 spiro atoms. The van der Waals surface area contributed by atoms with E-state index in [1.807, 2.05) is 43.3 Å². The maximum atomic E-state index is 12.6. The Balaban J connectivity index is 2.06. The maximum absolute atomic E-state index is 12.6. The number of pyridine rings is 1. The van der Waals surface area contributed by atoms with Crippen LogP contribution in [0, 0.1) is 0 Å². The number of para-hydroxylation sites is 1. The Morgan fingerprint density at radius 1 is 1.24 bits per heavy atom. The molecule has 1 aromatic heterocycles. The summed E-state index contributed by atoms with van der Waals surface area (Å²) in [6, 6.07) is 11.3. The second-order valence-corrected chi connectivity index (χ2v) is 5.62. The van der Waals surface area contributed by atoms with Gasteiger partial charge in [0.2, 0.25) is 0 Å². The zero-order valence-electron chi connectivity index (χ0n) is 11.8. The molecule has 104 valence electrons. The summed E-state index contributed by atoms with van der Waals surface area (Å²) in [7, 11) is 0. The van der Waals surface area contributed by atoms with E-state index >= 15 is 0 Å². The third kappa shape index (κ3) is 1.70. The summed E-state index contributed by atoms with van der Waals surface area (Å²) in [5.41, 5.74) is 3.90. The van der Waals surface area contributed by atoms with Crippen molar-refractivity contribution in [2.24, 2.45) is 0 Å². The standard InChI is InChI=1S/C18H15NO2/c1-10(2)16-9-13-15(21-16)8-7-12-17(13)19-14-6-4-3-5-11(14)18(12)20/h3-8,16H,1,9H2,2H3,(H,19,20)/t16-/m0/s1. The largest absolute Gasteiger partial charge is 0.485 e. The molecule has 1 atom stereocenters. The van der Waals surface area contributed by atoms with Gasteiger partial charge >= 0.3 is 0 Å². The summed E-state index contributed by atoms with van der Waals surface area (Å²) in [6.45, 7) is 5.94. The number of ether oxygens (including phenoxy) is 1. The van der Waals surface area contributed by atoms with Gasteiger partial charge in [-0.1, -0.05) is 18.7 Å². The van der Waals surface area contributed by atoms with Gasteiger partial charge in [-0.25, -0.2) is 0 Å². The van der Waals surface area contributed by atoms with Crippen molar-refractivity contribution in [1.82, 2.24) is 4.98 Å². The molecule has 1 aliphatic rings. The van der Waals surface area contributed by atoms with E-state index in [4.69, 9.17) is 4.74 Å². The Morgan fingerprint density at radius 3 is 2.86 bits per heavy atom. The lowest BCUT2D eigenvalue weighted by Crippen LogP contribution is -2.13. The van der Waals surface area contributed by atoms with Crippen LogP contribution in [0.4, 0.5) is 0 Å². The van der Waals surface area contributed by atoms with E-state index in [0.29, 0.717) is 0 Å². The van der Waals surface area contributed by atoms with Gasteiger partial charge in [-0.15, -0.1) is 0 Å². The van der Waals surface area contributed by atoms with Gasteiger partial charge in [0.15, 0.2) is 5.43 Å². The van der Waals surface area contributed by atoms with Gasteiger partial charge in [-0.05, 0) is 36.8 Å². The monoisotopic (exact) mass is 277 g/mol. The highest BCUT2D eigenvalue weighted by Crippen LogP contribution is 2.35. The molecule has 3 aromatic rings. The zero-order chi connectivity index (χ0) is 14.6. The molecule has 1 aliphatic heterocycles. The molecule has 3 nitrogen and oxygen atoms in total. The van der Waals surface area contributed by atoms with Crippen LogP contribution in [0.25, 0.3) is 21.8 Å². The lowest BCUT2D eigenvalue weighted by atomic mass is 10.0. The number of aromatic nitrogens is 1. The Hall–Kier alpha value is -2.55. The Morgan fingerprint density at radius 2 is 2.05 bits per heavy atom. The summed E-state index contributed by atoms with van der Waals surface area (Å²) in [4.78, 5) is 16.0. The number of fused-ring (bicyclic) bond motifs is 4. The van der Waals surface area contributed by atoms with E-state index in [2.05, 4.69) is 11.6 Å². The van der Waals surface area contributed by atoms with Gasteiger partial charge in [-0.3, -0.25) is 4.79 Å². The van der Waals surface area contributed by atoms with Gasteiger partial charge in [0.05, 0.1) is 5.52 Å². The van der Waals surface area contributed by atoms with Crippen molar-refractivity contribution in [3.05, 3.63) is 64.3 Å². The van der Waals surface area contributed by atoms with Crippen molar-refractivity contribution in [2.45, 2.75) is 19.4 Å². The second-order valence-electron chi connectivity index (χ2n) is 5.62. The van der Waals surface area contributed by atoms with Crippen LogP contribution in [0.5, 0.6) is 5.75 Å². The third-order valence-corrected chi connectivity index (χ3v) is 4.15. The van der Waals surface area contributed by atoms with Crippen LogP contribution < -0.4 is 10.2 Å². The fourth-order valence-electron chi connectivity index (χ4n) is 3.00. The maximum Gasteiger partial charge on any atom is 0.197 e. The summed E-state index contributed by atoms with van der Waals surface area (Å²) < 4.78 is 5.91. The lowest BCUT2D eigenvalue weighted by Gasteiger charge is -2.08. The minimum absolute atomic E-state index is 0.000530. The molecule has 0 fully saturated rings. The average molecular weight is 277 g/mol. The fourth-order valence-corrected chi connectivity index (χ4v) is 3.00. The molecule has 0 saturated carbocycles. The first-order valence-corrected chi connectivity index (χ1v) is 7.04. The minimum Gasteiger partial charge on any atom is -0.485 e. The van der Waals surface area contributed by atoms with E-state index < -0.39 is 0 Å². The SMILES string of the molecule is C=C(C)[C@@H]1Cc2c(ccc3c(=O)c4ccccc4[nH]c23)O1. The quantitative estimate of drug-likeness (QED) is 0.546. The zero-order valence-corrected chi connectivity index (χ0v) is 11.8. The van der Waals surface area contributed by atoms with Crippen LogP contribution in [-0.4, -0.2) is 11.1 Å². The van der Waals surface area contributed by atoms with Crippen LogP contribution in [0.15, 0.2) is 53.3 Å². The summed E-state index contributed by atoms with van der Waals surface area (Å²) in [5, 5.41) is 1.44. The molecule has 2 aromatic carbocycles. The summed E-state index contributed by atoms with van der Waals surface area (Å²) in [6.07, 6.45) is 0.761. The van der Waals surface area contributed by atoms with Gasteiger partial charge in [0, 0.05) is 28.3 Å².